The van der Waals surface area contributed by atoms with E-state index in [9.17, 15) is 9.90 Å². The van der Waals surface area contributed by atoms with Crippen molar-refractivity contribution in [2.24, 2.45) is 0 Å². The van der Waals surface area contributed by atoms with E-state index in [4.69, 9.17) is 16.6 Å². The average Bonchev–Trinajstić information content (AvgIpc) is 3.49. The summed E-state index contributed by atoms with van der Waals surface area (Å²) in [4.78, 5) is 21.2. The number of carbonyl (C=O) groups is 1. The van der Waals surface area contributed by atoms with Crippen LogP contribution in [0, 0.1) is 6.92 Å². The molecule has 0 radical (unpaired) electrons. The molecule has 3 aromatic heterocycles. The number of fused-ring (bicyclic) bond motifs is 2. The highest BCUT2D eigenvalue weighted by Crippen LogP contribution is 2.41. The zero-order valence-electron chi connectivity index (χ0n) is 19.1. The Labute approximate surface area is 215 Å². The zero-order chi connectivity index (χ0) is 24.8. The van der Waals surface area contributed by atoms with Gasteiger partial charge in [0.15, 0.2) is 5.82 Å². The Balaban J connectivity index is 1.53. The van der Waals surface area contributed by atoms with Gasteiger partial charge in [-0.3, -0.25) is 4.79 Å². The summed E-state index contributed by atoms with van der Waals surface area (Å²) in [6.07, 6.45) is 3.51. The minimum absolute atomic E-state index is 0.0707. The van der Waals surface area contributed by atoms with Gasteiger partial charge in [-0.1, -0.05) is 41.9 Å². The fourth-order valence-electron chi connectivity index (χ4n) is 4.48. The molecule has 1 N–H and O–H groups in total. The molecule has 3 aromatic carbocycles. The zero-order valence-corrected chi connectivity index (χ0v) is 20.7. The van der Waals surface area contributed by atoms with E-state index in [2.05, 4.69) is 10.1 Å². The van der Waals surface area contributed by atoms with Crippen LogP contribution in [0.3, 0.4) is 0 Å². The first-order chi connectivity index (χ1) is 17.5. The van der Waals surface area contributed by atoms with Crippen molar-refractivity contribution in [2.45, 2.75) is 13.3 Å². The monoisotopic (exact) mass is 510 g/mol. The topological polar surface area (TPSA) is 80.9 Å². The molecule has 8 heteroatoms. The predicted molar refractivity (Wildman–Crippen MR) is 144 cm³/mol. The minimum Gasteiger partial charge on any atom is -0.481 e. The summed E-state index contributed by atoms with van der Waals surface area (Å²) < 4.78 is 2.76. The maximum atomic E-state index is 11.7. The van der Waals surface area contributed by atoms with Crippen LogP contribution in [0.25, 0.3) is 48.6 Å². The van der Waals surface area contributed by atoms with Crippen molar-refractivity contribution in [2.75, 3.05) is 0 Å². The lowest BCUT2D eigenvalue weighted by atomic mass is 9.93. The van der Waals surface area contributed by atoms with Gasteiger partial charge in [-0.25, -0.2) is 14.6 Å². The number of thiazole rings is 1. The van der Waals surface area contributed by atoms with E-state index in [0.717, 1.165) is 53.9 Å². The third-order valence-electron chi connectivity index (χ3n) is 6.16. The number of hydrogen-bond donors (Lipinski definition) is 1. The highest BCUT2D eigenvalue weighted by Gasteiger charge is 2.20. The summed E-state index contributed by atoms with van der Waals surface area (Å²) in [6.45, 7) is 1.93. The SMILES string of the molecule is Cc1cc2nc(-c3ccnc(-n4ncc5ccccc54)c3)sc2c(-c2ccc(Cl)cc2)c1CC(=O)O. The van der Waals surface area contributed by atoms with Crippen molar-refractivity contribution in [3.8, 4) is 27.5 Å². The van der Waals surface area contributed by atoms with Gasteiger partial charge in [0.05, 0.1) is 28.4 Å². The molecule has 0 aliphatic rings. The number of halogens is 1. The molecule has 0 aliphatic heterocycles. The third kappa shape index (κ3) is 3.92. The van der Waals surface area contributed by atoms with Crippen LogP contribution in [0.1, 0.15) is 11.1 Å². The maximum absolute atomic E-state index is 11.7. The number of nitrogens with zero attached hydrogens (tertiary/aromatic N) is 4. The summed E-state index contributed by atoms with van der Waals surface area (Å²) in [7, 11) is 0. The summed E-state index contributed by atoms with van der Waals surface area (Å²) in [5, 5.41) is 16.6. The number of carboxylic acid groups (broad SMARTS) is 1. The number of carboxylic acids is 1. The largest absolute Gasteiger partial charge is 0.481 e. The Bertz CT molecular complexity index is 1770. The van der Waals surface area contributed by atoms with Crippen LogP contribution in [0.5, 0.6) is 0 Å². The maximum Gasteiger partial charge on any atom is 0.307 e. The van der Waals surface area contributed by atoms with Gasteiger partial charge in [0.25, 0.3) is 0 Å². The standard InChI is InChI=1S/C28H19ClN4O2S/c1-16-12-22-27(26(21(16)14-25(34)35)17-6-8-20(29)9-7-17)36-28(32-22)18-10-11-30-24(13-18)33-23-5-3-2-4-19(23)15-31-33/h2-13,15H,14H2,1H3,(H,34,35). The first-order valence-electron chi connectivity index (χ1n) is 11.3. The van der Waals surface area contributed by atoms with Crippen LogP contribution in [-0.4, -0.2) is 30.8 Å². The second kappa shape index (κ2) is 8.86. The second-order valence-corrected chi connectivity index (χ2v) is 9.95. The van der Waals surface area contributed by atoms with E-state index in [1.807, 2.05) is 84.5 Å². The summed E-state index contributed by atoms with van der Waals surface area (Å²) in [5.41, 5.74) is 6.20. The molecule has 0 saturated carbocycles. The highest BCUT2D eigenvalue weighted by molar-refractivity contribution is 7.22. The number of aryl methyl sites for hydroxylation is 1. The van der Waals surface area contributed by atoms with E-state index >= 15 is 0 Å². The molecule has 0 spiro atoms. The fourth-order valence-corrected chi connectivity index (χ4v) is 5.74. The molecule has 0 fully saturated rings. The molecule has 0 amide bonds. The Morgan fingerprint density at radius 1 is 1.06 bits per heavy atom. The van der Waals surface area contributed by atoms with Crippen LogP contribution in [0.4, 0.5) is 0 Å². The summed E-state index contributed by atoms with van der Waals surface area (Å²) in [5.74, 6) is -0.170. The number of para-hydroxylation sites is 1. The van der Waals surface area contributed by atoms with E-state index in [1.165, 1.54) is 0 Å². The lowest BCUT2D eigenvalue weighted by Gasteiger charge is -2.13. The fraction of sp³-hybridized carbons (Fsp3) is 0.0714. The summed E-state index contributed by atoms with van der Waals surface area (Å²) >= 11 is 7.67. The van der Waals surface area contributed by atoms with Crippen LogP contribution in [0.15, 0.2) is 79.1 Å². The molecule has 0 saturated heterocycles. The van der Waals surface area contributed by atoms with E-state index in [1.54, 1.807) is 17.5 Å². The number of aromatic nitrogens is 4. The van der Waals surface area contributed by atoms with Gasteiger partial charge in [-0.2, -0.15) is 5.10 Å². The quantitative estimate of drug-likeness (QED) is 0.271. The second-order valence-electron chi connectivity index (χ2n) is 8.51. The molecule has 6 rings (SSSR count). The molecule has 0 bridgehead atoms. The predicted octanol–water partition coefficient (Wildman–Crippen LogP) is 6.95. The van der Waals surface area contributed by atoms with E-state index in [-0.39, 0.29) is 6.42 Å². The van der Waals surface area contributed by atoms with Crippen molar-refractivity contribution in [3.63, 3.8) is 0 Å². The molecule has 0 atom stereocenters. The van der Waals surface area contributed by atoms with Gasteiger partial charge in [-0.05, 0) is 60.0 Å². The van der Waals surface area contributed by atoms with Crippen LogP contribution >= 0.6 is 22.9 Å². The molecule has 6 aromatic rings. The van der Waals surface area contributed by atoms with Gasteiger partial charge in [0.2, 0.25) is 0 Å². The normalized spacial score (nSPS) is 11.4. The van der Waals surface area contributed by atoms with Gasteiger partial charge in [-0.15, -0.1) is 11.3 Å². The molecule has 176 valence electrons. The number of pyridine rings is 1. The first-order valence-corrected chi connectivity index (χ1v) is 12.5. The Hall–Kier alpha value is -4.07. The number of hydrogen-bond acceptors (Lipinski definition) is 5. The smallest absolute Gasteiger partial charge is 0.307 e. The number of benzene rings is 3. The number of aliphatic carboxylic acids is 1. The first kappa shape index (κ1) is 22.4. The van der Waals surface area contributed by atoms with Gasteiger partial charge < -0.3 is 5.11 Å². The molecule has 6 nitrogen and oxygen atoms in total. The van der Waals surface area contributed by atoms with Crippen molar-refractivity contribution in [3.05, 3.63) is 95.3 Å². The minimum atomic E-state index is -0.873. The Morgan fingerprint density at radius 3 is 2.67 bits per heavy atom. The summed E-state index contributed by atoms with van der Waals surface area (Å²) in [6, 6.07) is 21.4. The molecule has 36 heavy (non-hydrogen) atoms. The van der Waals surface area contributed by atoms with Crippen molar-refractivity contribution < 1.29 is 9.90 Å². The average molecular weight is 511 g/mol. The van der Waals surface area contributed by atoms with Gasteiger partial charge in [0.1, 0.15) is 5.01 Å². The van der Waals surface area contributed by atoms with Crippen molar-refractivity contribution in [1.29, 1.82) is 0 Å². The molecular weight excluding hydrogens is 492 g/mol. The Kier molecular flexibility index (Phi) is 5.51. The van der Waals surface area contributed by atoms with Crippen LogP contribution < -0.4 is 0 Å². The third-order valence-corrected chi connectivity index (χ3v) is 7.55. The molecule has 0 unspecified atom stereocenters. The van der Waals surface area contributed by atoms with Crippen LogP contribution in [0.2, 0.25) is 5.02 Å². The van der Waals surface area contributed by atoms with Gasteiger partial charge in [0, 0.05) is 27.7 Å². The molecule has 0 aliphatic carbocycles. The molecule has 3 heterocycles. The van der Waals surface area contributed by atoms with Crippen molar-refractivity contribution in [1.82, 2.24) is 19.7 Å². The highest BCUT2D eigenvalue weighted by atomic mass is 35.5. The molecular formula is C28H19ClN4O2S. The lowest BCUT2D eigenvalue weighted by molar-refractivity contribution is -0.136. The van der Waals surface area contributed by atoms with E-state index < -0.39 is 5.97 Å². The van der Waals surface area contributed by atoms with E-state index in [0.29, 0.717) is 10.8 Å². The number of rotatable bonds is 5. The van der Waals surface area contributed by atoms with Gasteiger partial charge >= 0.3 is 5.97 Å². The Morgan fingerprint density at radius 2 is 1.86 bits per heavy atom. The van der Waals surface area contributed by atoms with Crippen LogP contribution in [-0.2, 0) is 11.2 Å². The lowest BCUT2D eigenvalue weighted by Crippen LogP contribution is -2.04. The van der Waals surface area contributed by atoms with Crippen molar-refractivity contribution >= 4 is 50.0 Å².